The topological polar surface area (TPSA) is 44.1 Å². The van der Waals surface area contributed by atoms with Gasteiger partial charge in [0.15, 0.2) is 0 Å². The molecule has 0 amide bonds. The number of ketones is 1. The molecule has 0 aliphatic heterocycles. The molecule has 0 spiro atoms. The van der Waals surface area contributed by atoms with E-state index in [1.807, 2.05) is 13.2 Å². The summed E-state index contributed by atoms with van der Waals surface area (Å²) in [4.78, 5) is 11.9. The summed E-state index contributed by atoms with van der Waals surface area (Å²) in [6.45, 7) is 0. The Kier molecular flexibility index (Phi) is 3.10. The van der Waals surface area contributed by atoms with Crippen molar-refractivity contribution < 1.29 is 9.53 Å². The van der Waals surface area contributed by atoms with Crippen LogP contribution in [0, 0.1) is 0 Å². The number of carbonyl (C=O) groups excluding carboxylic acids is 1. The van der Waals surface area contributed by atoms with Gasteiger partial charge in [-0.15, -0.1) is 0 Å². The highest BCUT2D eigenvalue weighted by Crippen LogP contribution is 2.38. The van der Waals surface area contributed by atoms with Crippen molar-refractivity contribution in [3.05, 3.63) is 18.0 Å². The zero-order valence-corrected chi connectivity index (χ0v) is 9.90. The third-order valence-corrected chi connectivity index (χ3v) is 3.38. The molecule has 1 aromatic heterocycles. The zero-order valence-electron chi connectivity index (χ0n) is 9.90. The lowest BCUT2D eigenvalue weighted by Crippen LogP contribution is -2.41. The van der Waals surface area contributed by atoms with Gasteiger partial charge in [0.05, 0.1) is 11.8 Å². The zero-order chi connectivity index (χ0) is 11.6. The van der Waals surface area contributed by atoms with Crippen LogP contribution in [-0.4, -0.2) is 28.3 Å². The van der Waals surface area contributed by atoms with Crippen molar-refractivity contribution in [2.24, 2.45) is 7.05 Å². The fourth-order valence-corrected chi connectivity index (χ4v) is 2.24. The van der Waals surface area contributed by atoms with Crippen LogP contribution in [0.25, 0.3) is 0 Å². The molecule has 88 valence electrons. The van der Waals surface area contributed by atoms with Gasteiger partial charge in [-0.1, -0.05) is 0 Å². The molecule has 0 unspecified atom stereocenters. The molecule has 1 saturated carbocycles. The number of nitrogens with zero attached hydrogens (tertiary/aromatic N) is 2. The summed E-state index contributed by atoms with van der Waals surface area (Å²) < 4.78 is 7.17. The van der Waals surface area contributed by atoms with Crippen molar-refractivity contribution in [3.8, 4) is 0 Å². The first-order valence-electron chi connectivity index (χ1n) is 5.68. The SMILES string of the molecule is COC1(CC(=O)Cc2cnn(C)c2)CCC1. The highest BCUT2D eigenvalue weighted by molar-refractivity contribution is 5.81. The first-order chi connectivity index (χ1) is 7.63. The quantitative estimate of drug-likeness (QED) is 0.758. The summed E-state index contributed by atoms with van der Waals surface area (Å²) in [6.07, 6.45) is 7.85. The number of aryl methyl sites for hydroxylation is 1. The number of Topliss-reactive ketones (excluding diaryl/α,β-unsaturated/α-hetero) is 1. The first-order valence-corrected chi connectivity index (χ1v) is 5.68. The molecule has 2 rings (SSSR count). The van der Waals surface area contributed by atoms with Gasteiger partial charge in [0.2, 0.25) is 0 Å². The maximum Gasteiger partial charge on any atom is 0.140 e. The van der Waals surface area contributed by atoms with Gasteiger partial charge < -0.3 is 4.74 Å². The summed E-state index contributed by atoms with van der Waals surface area (Å²) in [5, 5.41) is 4.05. The molecule has 0 saturated heterocycles. The maximum atomic E-state index is 11.9. The van der Waals surface area contributed by atoms with Crippen LogP contribution in [0.1, 0.15) is 31.2 Å². The normalized spacial score (nSPS) is 18.1. The molecule has 16 heavy (non-hydrogen) atoms. The van der Waals surface area contributed by atoms with E-state index in [9.17, 15) is 4.79 Å². The van der Waals surface area contributed by atoms with Gasteiger partial charge in [-0.05, 0) is 24.8 Å². The largest absolute Gasteiger partial charge is 0.378 e. The Morgan fingerprint density at radius 2 is 2.38 bits per heavy atom. The first kappa shape index (κ1) is 11.3. The number of carbonyl (C=O) groups is 1. The molecule has 0 N–H and O–H groups in total. The molecule has 0 aromatic carbocycles. The average molecular weight is 222 g/mol. The average Bonchev–Trinajstić information content (AvgIpc) is 2.57. The summed E-state index contributed by atoms with van der Waals surface area (Å²) in [5.74, 6) is 0.245. The fourth-order valence-electron chi connectivity index (χ4n) is 2.24. The predicted octanol–water partition coefficient (Wildman–Crippen LogP) is 1.49. The van der Waals surface area contributed by atoms with Gasteiger partial charge in [0.1, 0.15) is 5.78 Å². The number of aromatic nitrogens is 2. The molecular formula is C12H18N2O2. The van der Waals surface area contributed by atoms with E-state index in [1.165, 1.54) is 6.42 Å². The molecule has 4 nitrogen and oxygen atoms in total. The van der Waals surface area contributed by atoms with Crippen LogP contribution in [-0.2, 0) is 23.0 Å². The van der Waals surface area contributed by atoms with E-state index < -0.39 is 0 Å². The molecule has 1 heterocycles. The highest BCUT2D eigenvalue weighted by Gasteiger charge is 2.38. The Morgan fingerprint density at radius 3 is 2.81 bits per heavy atom. The van der Waals surface area contributed by atoms with Gasteiger partial charge in [-0.2, -0.15) is 5.10 Å². The number of rotatable bonds is 5. The lowest BCUT2D eigenvalue weighted by atomic mass is 9.76. The van der Waals surface area contributed by atoms with Gasteiger partial charge >= 0.3 is 0 Å². The van der Waals surface area contributed by atoms with E-state index in [4.69, 9.17) is 4.74 Å². The summed E-state index contributed by atoms with van der Waals surface area (Å²) in [6, 6.07) is 0. The minimum atomic E-state index is -0.153. The molecule has 0 bridgehead atoms. The molecule has 0 radical (unpaired) electrons. The van der Waals surface area contributed by atoms with Crippen molar-refractivity contribution >= 4 is 5.78 Å². The molecule has 1 aromatic rings. The number of hydrogen-bond donors (Lipinski definition) is 0. The summed E-state index contributed by atoms with van der Waals surface area (Å²) in [5.41, 5.74) is 0.831. The van der Waals surface area contributed by atoms with Crippen molar-refractivity contribution in [2.75, 3.05) is 7.11 Å². The summed E-state index contributed by atoms with van der Waals surface area (Å²) >= 11 is 0. The van der Waals surface area contributed by atoms with Gasteiger partial charge in [-0.3, -0.25) is 9.48 Å². The number of ether oxygens (including phenoxy) is 1. The Balaban J connectivity index is 1.89. The van der Waals surface area contributed by atoms with Crippen molar-refractivity contribution in [3.63, 3.8) is 0 Å². The van der Waals surface area contributed by atoms with Crippen molar-refractivity contribution in [1.29, 1.82) is 0 Å². The second kappa shape index (κ2) is 4.37. The van der Waals surface area contributed by atoms with E-state index in [0.29, 0.717) is 12.8 Å². The van der Waals surface area contributed by atoms with E-state index in [2.05, 4.69) is 5.10 Å². The third kappa shape index (κ3) is 2.32. The summed E-state index contributed by atoms with van der Waals surface area (Å²) in [7, 11) is 3.56. The van der Waals surface area contributed by atoms with Gasteiger partial charge in [0.25, 0.3) is 0 Å². The minimum Gasteiger partial charge on any atom is -0.378 e. The molecule has 1 aliphatic carbocycles. The lowest BCUT2D eigenvalue weighted by Gasteiger charge is -2.40. The van der Waals surface area contributed by atoms with Crippen LogP contribution in [0.4, 0.5) is 0 Å². The Hall–Kier alpha value is -1.16. The van der Waals surface area contributed by atoms with E-state index in [1.54, 1.807) is 18.0 Å². The molecule has 1 fully saturated rings. The van der Waals surface area contributed by atoms with Crippen LogP contribution in [0.2, 0.25) is 0 Å². The number of hydrogen-bond acceptors (Lipinski definition) is 3. The third-order valence-electron chi connectivity index (χ3n) is 3.38. The second-order valence-electron chi connectivity index (χ2n) is 4.66. The Labute approximate surface area is 95.6 Å². The van der Waals surface area contributed by atoms with E-state index >= 15 is 0 Å². The van der Waals surface area contributed by atoms with Crippen LogP contribution in [0.3, 0.4) is 0 Å². The minimum absolute atomic E-state index is 0.153. The van der Waals surface area contributed by atoms with Crippen LogP contribution in [0.15, 0.2) is 12.4 Å². The Bertz CT molecular complexity index is 375. The molecule has 1 aliphatic rings. The van der Waals surface area contributed by atoms with Crippen LogP contribution in [0.5, 0.6) is 0 Å². The standard InChI is InChI=1S/C12H18N2O2/c1-14-9-10(8-13-14)6-11(15)7-12(16-2)4-3-5-12/h8-9H,3-7H2,1-2H3. The van der Waals surface area contributed by atoms with Gasteiger partial charge in [-0.25, -0.2) is 0 Å². The van der Waals surface area contributed by atoms with Crippen molar-refractivity contribution in [1.82, 2.24) is 9.78 Å². The molecular weight excluding hydrogens is 204 g/mol. The maximum absolute atomic E-state index is 11.9. The van der Waals surface area contributed by atoms with Gasteiger partial charge in [0, 0.05) is 33.2 Å². The predicted molar refractivity (Wildman–Crippen MR) is 60.1 cm³/mol. The lowest BCUT2D eigenvalue weighted by molar-refractivity contribution is -0.131. The van der Waals surface area contributed by atoms with E-state index in [0.717, 1.165) is 18.4 Å². The van der Waals surface area contributed by atoms with Crippen LogP contribution < -0.4 is 0 Å². The smallest absolute Gasteiger partial charge is 0.140 e. The number of methoxy groups -OCH3 is 1. The van der Waals surface area contributed by atoms with E-state index in [-0.39, 0.29) is 11.4 Å². The van der Waals surface area contributed by atoms with Crippen molar-refractivity contribution in [2.45, 2.75) is 37.7 Å². The molecule has 0 atom stereocenters. The Morgan fingerprint density at radius 1 is 1.62 bits per heavy atom. The van der Waals surface area contributed by atoms with Crippen LogP contribution >= 0.6 is 0 Å². The monoisotopic (exact) mass is 222 g/mol. The molecule has 4 heteroatoms. The highest BCUT2D eigenvalue weighted by atomic mass is 16.5. The second-order valence-corrected chi connectivity index (χ2v) is 4.66. The fraction of sp³-hybridized carbons (Fsp3) is 0.667.